The van der Waals surface area contributed by atoms with Crippen LogP contribution in [0.2, 0.25) is 0 Å². The standard InChI is InChI=1S/C17H23N3O2S/c1-12-13(11-19-6-8-22-9-7-19)16-15(23-12)10-14(18-16)17(21)20-4-2-3-5-20/h10,18H,2-9,11H2,1H3. The van der Waals surface area contributed by atoms with Crippen molar-refractivity contribution in [3.63, 3.8) is 0 Å². The molecule has 2 aromatic rings. The number of amides is 1. The average Bonchev–Trinajstić information content (AvgIpc) is 3.27. The molecule has 2 fully saturated rings. The lowest BCUT2D eigenvalue weighted by atomic mass is 10.2. The van der Waals surface area contributed by atoms with Gasteiger partial charge in [0.05, 0.1) is 23.4 Å². The van der Waals surface area contributed by atoms with Crippen LogP contribution in [0.15, 0.2) is 6.07 Å². The van der Waals surface area contributed by atoms with Gasteiger partial charge in [0.25, 0.3) is 5.91 Å². The van der Waals surface area contributed by atoms with Crippen molar-refractivity contribution in [2.24, 2.45) is 0 Å². The van der Waals surface area contributed by atoms with Crippen LogP contribution in [0.3, 0.4) is 0 Å². The Morgan fingerprint density at radius 1 is 1.26 bits per heavy atom. The number of hydrogen-bond acceptors (Lipinski definition) is 4. The van der Waals surface area contributed by atoms with Crippen LogP contribution in [0.4, 0.5) is 0 Å². The molecule has 1 N–H and O–H groups in total. The first kappa shape index (κ1) is 15.2. The summed E-state index contributed by atoms with van der Waals surface area (Å²) in [5, 5.41) is 0. The van der Waals surface area contributed by atoms with Crippen molar-refractivity contribution in [1.29, 1.82) is 0 Å². The molecule has 5 nitrogen and oxygen atoms in total. The summed E-state index contributed by atoms with van der Waals surface area (Å²) >= 11 is 1.79. The molecule has 1 amide bonds. The van der Waals surface area contributed by atoms with Crippen molar-refractivity contribution < 1.29 is 9.53 Å². The highest BCUT2D eigenvalue weighted by molar-refractivity contribution is 7.19. The zero-order valence-corrected chi connectivity index (χ0v) is 14.4. The van der Waals surface area contributed by atoms with E-state index in [1.807, 2.05) is 11.0 Å². The van der Waals surface area contributed by atoms with E-state index in [1.54, 1.807) is 11.3 Å². The normalized spacial score (nSPS) is 19.8. The van der Waals surface area contributed by atoms with Crippen molar-refractivity contribution in [1.82, 2.24) is 14.8 Å². The number of ether oxygens (including phenoxy) is 1. The molecule has 0 spiro atoms. The number of nitrogens with zero attached hydrogens (tertiary/aromatic N) is 2. The van der Waals surface area contributed by atoms with Crippen molar-refractivity contribution >= 4 is 27.5 Å². The number of fused-ring (bicyclic) bond motifs is 1. The summed E-state index contributed by atoms with van der Waals surface area (Å²) in [6.45, 7) is 8.50. The summed E-state index contributed by atoms with van der Waals surface area (Å²) in [7, 11) is 0. The molecule has 2 aliphatic rings. The number of carbonyl (C=O) groups is 1. The first-order valence-electron chi connectivity index (χ1n) is 8.43. The van der Waals surface area contributed by atoms with E-state index >= 15 is 0 Å². The van der Waals surface area contributed by atoms with Gasteiger partial charge in [0, 0.05) is 43.2 Å². The molecule has 0 atom stereocenters. The number of likely N-dealkylation sites (tertiary alicyclic amines) is 1. The largest absolute Gasteiger partial charge is 0.379 e. The molecule has 2 aromatic heterocycles. The van der Waals surface area contributed by atoms with Gasteiger partial charge < -0.3 is 14.6 Å². The van der Waals surface area contributed by atoms with Crippen LogP contribution in [-0.2, 0) is 11.3 Å². The lowest BCUT2D eigenvalue weighted by Crippen LogP contribution is -2.35. The summed E-state index contributed by atoms with van der Waals surface area (Å²) in [5.74, 6) is 0.154. The first-order valence-corrected chi connectivity index (χ1v) is 9.24. The van der Waals surface area contributed by atoms with Crippen molar-refractivity contribution in [2.45, 2.75) is 26.3 Å². The highest BCUT2D eigenvalue weighted by Crippen LogP contribution is 2.32. The predicted molar refractivity (Wildman–Crippen MR) is 92.1 cm³/mol. The molecule has 0 unspecified atom stereocenters. The van der Waals surface area contributed by atoms with Crippen LogP contribution < -0.4 is 0 Å². The molecular formula is C17H23N3O2S. The third-order valence-corrected chi connectivity index (χ3v) is 5.97. The number of thiophene rings is 1. The molecule has 4 heterocycles. The van der Waals surface area contributed by atoms with Crippen LogP contribution in [0.25, 0.3) is 10.2 Å². The summed E-state index contributed by atoms with van der Waals surface area (Å²) in [6.07, 6.45) is 2.25. The SMILES string of the molecule is Cc1sc2cc(C(=O)N3CCCC3)[nH]c2c1CN1CCOCC1. The van der Waals surface area contributed by atoms with E-state index in [0.29, 0.717) is 0 Å². The van der Waals surface area contributed by atoms with E-state index in [0.717, 1.165) is 70.0 Å². The van der Waals surface area contributed by atoms with Gasteiger partial charge in [-0.05, 0) is 25.8 Å². The quantitative estimate of drug-likeness (QED) is 0.939. The number of rotatable bonds is 3. The average molecular weight is 333 g/mol. The van der Waals surface area contributed by atoms with Crippen molar-refractivity contribution in [2.75, 3.05) is 39.4 Å². The van der Waals surface area contributed by atoms with Crippen molar-refractivity contribution in [3.05, 3.63) is 22.2 Å². The lowest BCUT2D eigenvalue weighted by Gasteiger charge is -2.26. The molecule has 0 radical (unpaired) electrons. The summed E-state index contributed by atoms with van der Waals surface area (Å²) in [5.41, 5.74) is 3.24. The minimum Gasteiger partial charge on any atom is -0.379 e. The summed E-state index contributed by atoms with van der Waals surface area (Å²) < 4.78 is 6.63. The van der Waals surface area contributed by atoms with Gasteiger partial charge in [-0.15, -0.1) is 11.3 Å². The van der Waals surface area contributed by atoms with Gasteiger partial charge in [0.15, 0.2) is 0 Å². The first-order chi connectivity index (χ1) is 11.2. The Morgan fingerprint density at radius 2 is 2.00 bits per heavy atom. The van der Waals surface area contributed by atoms with Gasteiger partial charge >= 0.3 is 0 Å². The number of morpholine rings is 1. The van der Waals surface area contributed by atoms with E-state index in [9.17, 15) is 4.79 Å². The highest BCUT2D eigenvalue weighted by Gasteiger charge is 2.23. The molecule has 2 aliphatic heterocycles. The Kier molecular flexibility index (Phi) is 4.13. The maximum atomic E-state index is 12.6. The third-order valence-electron chi connectivity index (χ3n) is 4.88. The number of nitrogens with one attached hydrogen (secondary N) is 1. The molecule has 2 saturated heterocycles. The molecular weight excluding hydrogens is 310 g/mol. The van der Waals surface area contributed by atoms with Gasteiger partial charge in [-0.1, -0.05) is 0 Å². The minimum absolute atomic E-state index is 0.154. The molecule has 23 heavy (non-hydrogen) atoms. The Balaban J connectivity index is 1.60. The minimum atomic E-state index is 0.154. The van der Waals surface area contributed by atoms with Gasteiger partial charge in [-0.2, -0.15) is 0 Å². The molecule has 4 rings (SSSR count). The molecule has 124 valence electrons. The van der Waals surface area contributed by atoms with Gasteiger partial charge in [-0.25, -0.2) is 0 Å². The number of aromatic nitrogens is 1. The number of aromatic amines is 1. The number of aryl methyl sites for hydroxylation is 1. The van der Waals surface area contributed by atoms with Gasteiger partial charge in [0.2, 0.25) is 0 Å². The second-order valence-electron chi connectivity index (χ2n) is 6.45. The molecule has 0 bridgehead atoms. The predicted octanol–water partition coefficient (Wildman–Crippen LogP) is 2.61. The van der Waals surface area contributed by atoms with Crippen LogP contribution in [-0.4, -0.2) is 60.1 Å². The van der Waals surface area contributed by atoms with E-state index in [-0.39, 0.29) is 5.91 Å². The lowest BCUT2D eigenvalue weighted by molar-refractivity contribution is 0.0343. The Hall–Kier alpha value is -1.37. The van der Waals surface area contributed by atoms with Gasteiger partial charge in [0.1, 0.15) is 5.69 Å². The van der Waals surface area contributed by atoms with Gasteiger partial charge in [-0.3, -0.25) is 9.69 Å². The zero-order valence-electron chi connectivity index (χ0n) is 13.6. The molecule has 6 heteroatoms. The molecule has 0 aromatic carbocycles. The Bertz CT molecular complexity index is 709. The highest BCUT2D eigenvalue weighted by atomic mass is 32.1. The van der Waals surface area contributed by atoms with Crippen molar-refractivity contribution in [3.8, 4) is 0 Å². The number of hydrogen-bond donors (Lipinski definition) is 1. The maximum Gasteiger partial charge on any atom is 0.270 e. The van der Waals surface area contributed by atoms with E-state index in [2.05, 4.69) is 16.8 Å². The number of H-pyrrole nitrogens is 1. The second kappa shape index (κ2) is 6.26. The van der Waals surface area contributed by atoms with E-state index in [1.165, 1.54) is 15.1 Å². The third kappa shape index (κ3) is 2.91. The summed E-state index contributed by atoms with van der Waals surface area (Å²) in [6, 6.07) is 2.04. The van der Waals surface area contributed by atoms with Crippen LogP contribution in [0.5, 0.6) is 0 Å². The van der Waals surface area contributed by atoms with Crippen LogP contribution in [0, 0.1) is 6.92 Å². The maximum absolute atomic E-state index is 12.6. The Morgan fingerprint density at radius 3 is 2.74 bits per heavy atom. The van der Waals surface area contributed by atoms with E-state index in [4.69, 9.17) is 4.74 Å². The fourth-order valence-corrected chi connectivity index (χ4v) is 4.59. The number of carbonyl (C=O) groups excluding carboxylic acids is 1. The summed E-state index contributed by atoms with van der Waals surface area (Å²) in [4.78, 5) is 21.7. The van der Waals surface area contributed by atoms with Crippen LogP contribution >= 0.6 is 11.3 Å². The fourth-order valence-electron chi connectivity index (χ4n) is 3.52. The smallest absolute Gasteiger partial charge is 0.270 e. The monoisotopic (exact) mass is 333 g/mol. The Labute approximate surface area is 140 Å². The second-order valence-corrected chi connectivity index (χ2v) is 7.70. The van der Waals surface area contributed by atoms with Crippen LogP contribution in [0.1, 0.15) is 33.8 Å². The zero-order chi connectivity index (χ0) is 15.8. The molecule has 0 aliphatic carbocycles. The topological polar surface area (TPSA) is 48.6 Å². The van der Waals surface area contributed by atoms with E-state index < -0.39 is 0 Å². The molecule has 0 saturated carbocycles. The fraction of sp³-hybridized carbons (Fsp3) is 0.588.